The van der Waals surface area contributed by atoms with Crippen LogP contribution in [0, 0.1) is 5.92 Å². The number of rotatable bonds is 5. The Labute approximate surface area is 107 Å². The predicted octanol–water partition coefficient (Wildman–Crippen LogP) is 1.74. The lowest BCUT2D eigenvalue weighted by atomic mass is 9.89. The lowest BCUT2D eigenvalue weighted by Crippen LogP contribution is -2.24. The van der Waals surface area contributed by atoms with E-state index in [2.05, 4.69) is 6.07 Å². The second-order valence-electron chi connectivity index (χ2n) is 4.66. The molecule has 3 N–H and O–H groups in total. The molecule has 98 valence electrons. The fourth-order valence-electron chi connectivity index (χ4n) is 2.47. The molecular formula is C14H19NO3. The van der Waals surface area contributed by atoms with Crippen molar-refractivity contribution < 1.29 is 14.6 Å². The lowest BCUT2D eigenvalue weighted by molar-refractivity contribution is -0.143. The summed E-state index contributed by atoms with van der Waals surface area (Å²) in [6, 6.07) is 8.10. The maximum atomic E-state index is 11.2. The van der Waals surface area contributed by atoms with Crippen LogP contribution in [0.1, 0.15) is 30.1 Å². The standard InChI is InChI=1S/C14H19NO3/c15-7-5-11(14(16)17)9-13-12-4-2-1-3-10(12)6-8-18-13/h1-4,11,13H,5-9,15H2,(H,16,17). The zero-order chi connectivity index (χ0) is 13.0. The molecule has 0 saturated heterocycles. The lowest BCUT2D eigenvalue weighted by Gasteiger charge is -2.28. The van der Waals surface area contributed by atoms with E-state index in [1.807, 2.05) is 18.2 Å². The van der Waals surface area contributed by atoms with Gasteiger partial charge < -0.3 is 15.6 Å². The molecule has 0 aliphatic carbocycles. The largest absolute Gasteiger partial charge is 0.481 e. The molecule has 2 rings (SSSR count). The normalized spacial score (nSPS) is 20.2. The first-order chi connectivity index (χ1) is 8.72. The van der Waals surface area contributed by atoms with Gasteiger partial charge in [-0.25, -0.2) is 0 Å². The summed E-state index contributed by atoms with van der Waals surface area (Å²) >= 11 is 0. The van der Waals surface area contributed by atoms with Gasteiger partial charge in [0.25, 0.3) is 0 Å². The van der Waals surface area contributed by atoms with E-state index in [9.17, 15) is 9.90 Å². The van der Waals surface area contributed by atoms with Crippen LogP contribution in [-0.4, -0.2) is 24.2 Å². The Morgan fingerprint density at radius 3 is 3.00 bits per heavy atom. The second-order valence-corrected chi connectivity index (χ2v) is 4.66. The zero-order valence-electron chi connectivity index (χ0n) is 10.3. The Kier molecular flexibility index (Phi) is 4.33. The molecular weight excluding hydrogens is 230 g/mol. The van der Waals surface area contributed by atoms with Gasteiger partial charge >= 0.3 is 5.97 Å². The van der Waals surface area contributed by atoms with Crippen LogP contribution < -0.4 is 5.73 Å². The van der Waals surface area contributed by atoms with Crippen LogP contribution in [0.4, 0.5) is 0 Å². The number of fused-ring (bicyclic) bond motifs is 1. The predicted molar refractivity (Wildman–Crippen MR) is 68.3 cm³/mol. The summed E-state index contributed by atoms with van der Waals surface area (Å²) in [6.07, 6.45) is 1.80. The van der Waals surface area contributed by atoms with Crippen LogP contribution in [0.2, 0.25) is 0 Å². The first kappa shape index (κ1) is 13.1. The Balaban J connectivity index is 2.12. The number of carboxylic acid groups (broad SMARTS) is 1. The van der Waals surface area contributed by atoms with Crippen molar-refractivity contribution in [2.45, 2.75) is 25.4 Å². The van der Waals surface area contributed by atoms with Gasteiger partial charge in [-0.05, 0) is 36.9 Å². The molecule has 0 saturated carbocycles. The molecule has 4 nitrogen and oxygen atoms in total. The van der Waals surface area contributed by atoms with Gasteiger partial charge in [0.2, 0.25) is 0 Å². The van der Waals surface area contributed by atoms with Crippen molar-refractivity contribution in [3.63, 3.8) is 0 Å². The number of carbonyl (C=O) groups is 1. The second kappa shape index (κ2) is 5.98. The van der Waals surface area contributed by atoms with E-state index >= 15 is 0 Å². The summed E-state index contributed by atoms with van der Waals surface area (Å²) in [7, 11) is 0. The number of aliphatic carboxylic acids is 1. The molecule has 0 amide bonds. The van der Waals surface area contributed by atoms with E-state index < -0.39 is 11.9 Å². The monoisotopic (exact) mass is 249 g/mol. The molecule has 1 heterocycles. The molecule has 2 unspecified atom stereocenters. The average Bonchev–Trinajstić information content (AvgIpc) is 2.38. The molecule has 1 aromatic carbocycles. The third-order valence-corrected chi connectivity index (χ3v) is 3.46. The zero-order valence-corrected chi connectivity index (χ0v) is 10.3. The Morgan fingerprint density at radius 2 is 2.28 bits per heavy atom. The molecule has 0 bridgehead atoms. The summed E-state index contributed by atoms with van der Waals surface area (Å²) in [6.45, 7) is 1.06. The van der Waals surface area contributed by atoms with E-state index in [1.54, 1.807) is 0 Å². The van der Waals surface area contributed by atoms with E-state index in [4.69, 9.17) is 10.5 Å². The van der Waals surface area contributed by atoms with Crippen LogP contribution in [0.15, 0.2) is 24.3 Å². The molecule has 1 aliphatic rings. The summed E-state index contributed by atoms with van der Waals surface area (Å²) < 4.78 is 5.73. The van der Waals surface area contributed by atoms with Gasteiger partial charge in [-0.3, -0.25) is 4.79 Å². The fraction of sp³-hybridized carbons (Fsp3) is 0.500. The first-order valence-corrected chi connectivity index (χ1v) is 6.34. The van der Waals surface area contributed by atoms with Gasteiger partial charge in [0.1, 0.15) is 0 Å². The molecule has 1 aliphatic heterocycles. The number of benzene rings is 1. The van der Waals surface area contributed by atoms with Crippen molar-refractivity contribution in [1.82, 2.24) is 0 Å². The maximum absolute atomic E-state index is 11.2. The topological polar surface area (TPSA) is 72.5 Å². The minimum absolute atomic E-state index is 0.109. The van der Waals surface area contributed by atoms with Gasteiger partial charge in [0.15, 0.2) is 0 Å². The number of ether oxygens (including phenoxy) is 1. The third kappa shape index (κ3) is 2.89. The quantitative estimate of drug-likeness (QED) is 0.833. The van der Waals surface area contributed by atoms with Crippen molar-refractivity contribution in [1.29, 1.82) is 0 Å². The highest BCUT2D eigenvalue weighted by molar-refractivity contribution is 5.70. The van der Waals surface area contributed by atoms with Crippen LogP contribution in [-0.2, 0) is 16.0 Å². The minimum Gasteiger partial charge on any atom is -0.481 e. The van der Waals surface area contributed by atoms with E-state index in [-0.39, 0.29) is 6.10 Å². The summed E-state index contributed by atoms with van der Waals surface area (Å²) in [4.78, 5) is 11.2. The van der Waals surface area contributed by atoms with Gasteiger partial charge in [0.05, 0.1) is 18.6 Å². The highest BCUT2D eigenvalue weighted by atomic mass is 16.5. The smallest absolute Gasteiger partial charge is 0.306 e. The summed E-state index contributed by atoms with van der Waals surface area (Å²) in [5, 5.41) is 9.17. The number of hydrogen-bond acceptors (Lipinski definition) is 3. The van der Waals surface area contributed by atoms with E-state index in [0.29, 0.717) is 26.0 Å². The van der Waals surface area contributed by atoms with Crippen LogP contribution in [0.25, 0.3) is 0 Å². The molecule has 4 heteroatoms. The minimum atomic E-state index is -0.785. The molecule has 18 heavy (non-hydrogen) atoms. The number of nitrogens with two attached hydrogens (primary N) is 1. The molecule has 0 radical (unpaired) electrons. The third-order valence-electron chi connectivity index (χ3n) is 3.46. The number of hydrogen-bond donors (Lipinski definition) is 2. The van der Waals surface area contributed by atoms with Gasteiger partial charge in [0, 0.05) is 0 Å². The molecule has 2 atom stereocenters. The summed E-state index contributed by atoms with van der Waals surface area (Å²) in [5.41, 5.74) is 7.86. The SMILES string of the molecule is NCCC(CC1OCCc2ccccc21)C(=O)O. The van der Waals surface area contributed by atoms with Gasteiger partial charge in [-0.15, -0.1) is 0 Å². The Morgan fingerprint density at radius 1 is 1.50 bits per heavy atom. The fourth-order valence-corrected chi connectivity index (χ4v) is 2.47. The summed E-state index contributed by atoms with van der Waals surface area (Å²) in [5.74, 6) is -1.21. The van der Waals surface area contributed by atoms with Crippen molar-refractivity contribution in [2.24, 2.45) is 11.7 Å². The van der Waals surface area contributed by atoms with Crippen molar-refractivity contribution >= 4 is 5.97 Å². The molecule has 0 aromatic heterocycles. The number of carboxylic acids is 1. The van der Waals surface area contributed by atoms with Gasteiger partial charge in [-0.1, -0.05) is 24.3 Å². The van der Waals surface area contributed by atoms with Crippen LogP contribution in [0.5, 0.6) is 0 Å². The molecule has 1 aromatic rings. The van der Waals surface area contributed by atoms with Crippen molar-refractivity contribution in [3.8, 4) is 0 Å². The molecule has 0 fully saturated rings. The highest BCUT2D eigenvalue weighted by Crippen LogP contribution is 2.32. The van der Waals surface area contributed by atoms with Crippen molar-refractivity contribution in [2.75, 3.05) is 13.2 Å². The van der Waals surface area contributed by atoms with Crippen LogP contribution >= 0.6 is 0 Å². The first-order valence-electron chi connectivity index (χ1n) is 6.34. The Bertz CT molecular complexity index is 419. The highest BCUT2D eigenvalue weighted by Gasteiger charge is 2.27. The van der Waals surface area contributed by atoms with Crippen LogP contribution in [0.3, 0.4) is 0 Å². The molecule has 0 spiro atoms. The maximum Gasteiger partial charge on any atom is 0.306 e. The van der Waals surface area contributed by atoms with Gasteiger partial charge in [-0.2, -0.15) is 0 Å². The Hall–Kier alpha value is -1.39. The van der Waals surface area contributed by atoms with Crippen molar-refractivity contribution in [3.05, 3.63) is 35.4 Å². The van der Waals surface area contributed by atoms with E-state index in [0.717, 1.165) is 12.0 Å². The average molecular weight is 249 g/mol. The van der Waals surface area contributed by atoms with E-state index in [1.165, 1.54) is 5.56 Å².